The summed E-state index contributed by atoms with van der Waals surface area (Å²) in [6, 6.07) is 6.35. The number of benzene rings is 1. The molecule has 0 bridgehead atoms. The van der Waals surface area contributed by atoms with E-state index in [9.17, 15) is 14.8 Å². The number of alkyl halides is 1. The van der Waals surface area contributed by atoms with Crippen molar-refractivity contribution in [2.24, 2.45) is 5.92 Å². The van der Waals surface area contributed by atoms with Crippen molar-refractivity contribution < 1.29 is 19.0 Å². The number of aromatic nitrogens is 2. The van der Waals surface area contributed by atoms with Gasteiger partial charge in [0, 0.05) is 60.8 Å². The molecule has 2 unspecified atom stereocenters. The SMILES string of the molecule is CC1CC[C@]2(Cc3nc(OC#CC45CCCN4C[C@H](F)C5)nc(N4C[C@H](CO)C4(C)C)c3CO2)c2c1ccc(N)c2C#N. The minimum absolute atomic E-state index is 0.0900. The third-order valence-corrected chi connectivity index (χ3v) is 10.9. The number of nitrogen functional groups attached to an aromatic ring is 1. The number of aliphatic hydroxyl groups excluding tert-OH is 1. The van der Waals surface area contributed by atoms with E-state index >= 15 is 0 Å². The molecule has 1 aromatic carbocycles. The van der Waals surface area contributed by atoms with Gasteiger partial charge < -0.3 is 25.2 Å². The van der Waals surface area contributed by atoms with E-state index in [1.165, 1.54) is 0 Å². The number of fused-ring (bicyclic) bond motifs is 4. The topological polar surface area (TPSA) is 121 Å². The standard InChI is InChI=1S/C33H39FN6O3/c1-20-7-9-33(28-23(20)5-6-26(36)24(28)15-35)14-27-25(19-43-33)29(40-16-21(18-41)31(40,2)3)38-30(37-27)42-12-10-32-8-4-11-39(32)17-22(34)13-32/h5-6,20-22,41H,4,7-9,11,13-14,16-19,36H2,1-3H3/t20?,21-,22-,32?,33+/m1/s1. The molecule has 5 atom stereocenters. The van der Waals surface area contributed by atoms with Gasteiger partial charge in [-0.15, -0.1) is 0 Å². The van der Waals surface area contributed by atoms with Crippen molar-refractivity contribution in [1.82, 2.24) is 14.9 Å². The summed E-state index contributed by atoms with van der Waals surface area (Å²) in [5.41, 5.74) is 9.32. The molecule has 5 aliphatic rings. The predicted octanol–water partition coefficient (Wildman–Crippen LogP) is 3.92. The quantitative estimate of drug-likeness (QED) is 0.407. The van der Waals surface area contributed by atoms with Crippen molar-refractivity contribution in [3.05, 3.63) is 40.1 Å². The molecule has 1 aliphatic carbocycles. The molecule has 3 N–H and O–H groups in total. The monoisotopic (exact) mass is 586 g/mol. The number of aliphatic hydroxyl groups is 1. The van der Waals surface area contributed by atoms with E-state index in [-0.39, 0.29) is 36.6 Å². The zero-order valence-electron chi connectivity index (χ0n) is 25.1. The van der Waals surface area contributed by atoms with E-state index in [0.717, 1.165) is 54.6 Å². The van der Waals surface area contributed by atoms with Crippen LogP contribution >= 0.6 is 0 Å². The average molecular weight is 587 g/mol. The maximum atomic E-state index is 14.3. The Kier molecular flexibility index (Phi) is 6.63. The van der Waals surface area contributed by atoms with Gasteiger partial charge in [-0.2, -0.15) is 15.2 Å². The molecule has 0 amide bonds. The summed E-state index contributed by atoms with van der Waals surface area (Å²) in [5, 5.41) is 20.1. The van der Waals surface area contributed by atoms with Gasteiger partial charge in [0.25, 0.3) is 0 Å². The van der Waals surface area contributed by atoms with Crippen molar-refractivity contribution in [1.29, 1.82) is 5.26 Å². The van der Waals surface area contributed by atoms with Crippen LogP contribution in [0.3, 0.4) is 0 Å². The first-order valence-electron chi connectivity index (χ1n) is 15.4. The Labute approximate surface area is 252 Å². The molecular weight excluding hydrogens is 547 g/mol. The molecular formula is C33H39FN6O3. The van der Waals surface area contributed by atoms with Crippen LogP contribution in [0.5, 0.6) is 6.01 Å². The van der Waals surface area contributed by atoms with Gasteiger partial charge in [-0.05, 0) is 69.5 Å². The number of ether oxygens (including phenoxy) is 2. The van der Waals surface area contributed by atoms with Crippen molar-refractivity contribution in [2.75, 3.05) is 36.9 Å². The van der Waals surface area contributed by atoms with Crippen molar-refractivity contribution in [2.45, 2.75) is 94.7 Å². The minimum Gasteiger partial charge on any atom is -0.398 e. The minimum atomic E-state index is -0.876. The molecule has 3 saturated heterocycles. The summed E-state index contributed by atoms with van der Waals surface area (Å²) >= 11 is 0. The number of hydrogen-bond acceptors (Lipinski definition) is 9. The van der Waals surface area contributed by atoms with Gasteiger partial charge >= 0.3 is 6.01 Å². The summed E-state index contributed by atoms with van der Waals surface area (Å²) in [6.45, 7) is 8.65. The van der Waals surface area contributed by atoms with Gasteiger partial charge in [0.05, 0.1) is 23.4 Å². The number of rotatable bonds is 3. The van der Waals surface area contributed by atoms with Gasteiger partial charge in [-0.3, -0.25) is 4.90 Å². The fourth-order valence-corrected chi connectivity index (χ4v) is 8.19. The van der Waals surface area contributed by atoms with Crippen LogP contribution in [0.2, 0.25) is 0 Å². The van der Waals surface area contributed by atoms with Crippen LogP contribution in [0.15, 0.2) is 12.1 Å². The molecule has 2 aromatic rings. The largest absolute Gasteiger partial charge is 0.398 e. The molecule has 1 aromatic heterocycles. The van der Waals surface area contributed by atoms with Crippen LogP contribution in [0.1, 0.15) is 86.7 Å². The van der Waals surface area contributed by atoms with Gasteiger partial charge in [0.1, 0.15) is 29.8 Å². The van der Waals surface area contributed by atoms with E-state index in [2.05, 4.69) is 48.7 Å². The summed E-state index contributed by atoms with van der Waals surface area (Å²) in [4.78, 5) is 14.0. The highest BCUT2D eigenvalue weighted by atomic mass is 19.1. The Balaban J connectivity index is 1.29. The highest BCUT2D eigenvalue weighted by Crippen LogP contribution is 2.52. The Bertz CT molecular complexity index is 1580. The van der Waals surface area contributed by atoms with E-state index in [1.807, 2.05) is 12.1 Å². The predicted molar refractivity (Wildman–Crippen MR) is 159 cm³/mol. The lowest BCUT2D eigenvalue weighted by molar-refractivity contribution is -0.0874. The highest BCUT2D eigenvalue weighted by Gasteiger charge is 2.51. The molecule has 4 aliphatic heterocycles. The van der Waals surface area contributed by atoms with Crippen molar-refractivity contribution >= 4 is 11.5 Å². The van der Waals surface area contributed by atoms with Crippen LogP contribution in [0.25, 0.3) is 0 Å². The maximum Gasteiger partial charge on any atom is 0.333 e. The van der Waals surface area contributed by atoms with Gasteiger partial charge in [0.15, 0.2) is 0 Å². The van der Waals surface area contributed by atoms with Gasteiger partial charge in [0.2, 0.25) is 0 Å². The molecule has 7 rings (SSSR count). The first-order valence-corrected chi connectivity index (χ1v) is 15.4. The molecule has 226 valence electrons. The number of anilines is 2. The summed E-state index contributed by atoms with van der Waals surface area (Å²) in [6.07, 6.45) is 6.29. The van der Waals surface area contributed by atoms with Crippen molar-refractivity contribution in [3.63, 3.8) is 0 Å². The smallest absolute Gasteiger partial charge is 0.333 e. The van der Waals surface area contributed by atoms with E-state index in [1.54, 1.807) is 0 Å². The van der Waals surface area contributed by atoms with Gasteiger partial charge in [-0.25, -0.2) is 4.39 Å². The second-order valence-corrected chi connectivity index (χ2v) is 13.6. The molecule has 5 heterocycles. The fourth-order valence-electron chi connectivity index (χ4n) is 8.19. The third kappa shape index (κ3) is 4.29. The summed E-state index contributed by atoms with van der Waals surface area (Å²) < 4.78 is 27.0. The summed E-state index contributed by atoms with van der Waals surface area (Å²) in [7, 11) is 0. The van der Waals surface area contributed by atoms with E-state index < -0.39 is 17.3 Å². The van der Waals surface area contributed by atoms with Crippen LogP contribution in [-0.2, 0) is 23.4 Å². The zero-order valence-corrected chi connectivity index (χ0v) is 25.1. The zero-order chi connectivity index (χ0) is 30.1. The lowest BCUT2D eigenvalue weighted by Crippen LogP contribution is -2.66. The van der Waals surface area contributed by atoms with Crippen LogP contribution in [0, 0.1) is 29.3 Å². The number of nitriles is 1. The average Bonchev–Trinajstić information content (AvgIpc) is 3.50. The van der Waals surface area contributed by atoms with Crippen molar-refractivity contribution in [3.8, 4) is 24.1 Å². The second kappa shape index (κ2) is 10.1. The summed E-state index contributed by atoms with van der Waals surface area (Å²) in [5.74, 6) is 4.33. The molecule has 0 radical (unpaired) electrons. The Morgan fingerprint density at radius 3 is 2.86 bits per heavy atom. The number of nitrogens with two attached hydrogens (primary N) is 1. The number of nitrogens with zero attached hydrogens (tertiary/aromatic N) is 5. The third-order valence-electron chi connectivity index (χ3n) is 10.9. The molecule has 43 heavy (non-hydrogen) atoms. The lowest BCUT2D eigenvalue weighted by Gasteiger charge is -2.56. The van der Waals surface area contributed by atoms with E-state index in [0.29, 0.717) is 43.0 Å². The molecule has 9 nitrogen and oxygen atoms in total. The fraction of sp³-hybridized carbons (Fsp3) is 0.606. The molecule has 3 fully saturated rings. The maximum absolute atomic E-state index is 14.3. The Hall–Kier alpha value is -3.44. The molecule has 10 heteroatoms. The lowest BCUT2D eigenvalue weighted by atomic mass is 9.69. The highest BCUT2D eigenvalue weighted by molar-refractivity contribution is 5.64. The molecule has 0 saturated carbocycles. The van der Waals surface area contributed by atoms with Crippen LogP contribution in [-0.4, -0.2) is 63.5 Å². The molecule has 1 spiro atoms. The second-order valence-electron chi connectivity index (χ2n) is 13.6. The first kappa shape index (κ1) is 28.3. The number of hydrogen-bond donors (Lipinski definition) is 2. The Morgan fingerprint density at radius 1 is 1.26 bits per heavy atom. The Morgan fingerprint density at radius 2 is 2.09 bits per heavy atom. The van der Waals surface area contributed by atoms with E-state index in [4.69, 9.17) is 25.2 Å². The normalized spacial score (nSPS) is 32.2. The number of halogens is 1. The van der Waals surface area contributed by atoms with Crippen LogP contribution in [0.4, 0.5) is 15.9 Å². The van der Waals surface area contributed by atoms with Gasteiger partial charge in [-0.1, -0.05) is 13.0 Å². The first-order chi connectivity index (χ1) is 20.6. The van der Waals surface area contributed by atoms with Crippen LogP contribution < -0.4 is 15.4 Å².